The first kappa shape index (κ1) is 22.3. The molecule has 30 heavy (non-hydrogen) atoms. The minimum absolute atomic E-state index is 0.0355. The summed E-state index contributed by atoms with van der Waals surface area (Å²) in [6.07, 6.45) is 1.07. The van der Waals surface area contributed by atoms with Gasteiger partial charge in [-0.3, -0.25) is 0 Å². The molecule has 0 bridgehead atoms. The molecular weight excluding hydrogens is 378 g/mol. The summed E-state index contributed by atoms with van der Waals surface area (Å²) in [5.41, 5.74) is 1.36. The van der Waals surface area contributed by atoms with E-state index in [2.05, 4.69) is 17.4 Å². The molecule has 3 rings (SSSR count). The van der Waals surface area contributed by atoms with Gasteiger partial charge in [-0.05, 0) is 50.7 Å². The van der Waals surface area contributed by atoms with Gasteiger partial charge >= 0.3 is 6.09 Å². The smallest absolute Gasteiger partial charge is 0.407 e. The minimum Gasteiger partial charge on any atom is -0.444 e. The average molecular weight is 412 g/mol. The second kappa shape index (κ2) is 9.63. The van der Waals surface area contributed by atoms with Crippen molar-refractivity contribution in [1.29, 1.82) is 0 Å². The summed E-state index contributed by atoms with van der Waals surface area (Å²) in [6.45, 7) is 6.57. The van der Waals surface area contributed by atoms with Gasteiger partial charge in [0.2, 0.25) is 0 Å². The van der Waals surface area contributed by atoms with Gasteiger partial charge in [-0.15, -0.1) is 0 Å². The highest BCUT2D eigenvalue weighted by Gasteiger charge is 2.57. The molecule has 5 nitrogen and oxygen atoms in total. The summed E-state index contributed by atoms with van der Waals surface area (Å²) in [4.78, 5) is 12.5. The number of ether oxygens (including phenoxy) is 2. The van der Waals surface area contributed by atoms with Crippen molar-refractivity contribution in [3.63, 3.8) is 0 Å². The molecule has 2 N–H and O–H groups in total. The molecule has 0 radical (unpaired) electrons. The fraction of sp³-hybridized carbons (Fsp3) is 0.480. The quantitative estimate of drug-likeness (QED) is 0.644. The number of nitrogens with one attached hydrogen (secondary N) is 1. The Hall–Kier alpha value is -2.37. The lowest BCUT2D eigenvalue weighted by Gasteiger charge is -2.26. The molecule has 1 fully saturated rings. The van der Waals surface area contributed by atoms with Gasteiger partial charge in [-0.25, -0.2) is 4.79 Å². The van der Waals surface area contributed by atoms with Gasteiger partial charge in [0.25, 0.3) is 0 Å². The zero-order chi connectivity index (χ0) is 21.6. The van der Waals surface area contributed by atoms with Gasteiger partial charge in [0.1, 0.15) is 5.60 Å². The van der Waals surface area contributed by atoms with Crippen LogP contribution in [0.5, 0.6) is 0 Å². The number of amides is 1. The summed E-state index contributed by atoms with van der Waals surface area (Å²) < 4.78 is 11.4. The number of carbonyl (C=O) groups excluding carboxylic acids is 1. The van der Waals surface area contributed by atoms with Gasteiger partial charge < -0.3 is 19.9 Å². The number of aliphatic hydroxyl groups is 1. The molecule has 0 aromatic heterocycles. The molecule has 1 aliphatic carbocycles. The van der Waals surface area contributed by atoms with Gasteiger partial charge in [-0.2, -0.15) is 0 Å². The van der Waals surface area contributed by atoms with Gasteiger partial charge in [-0.1, -0.05) is 60.7 Å². The molecule has 0 heterocycles. The molecule has 5 heteroatoms. The topological polar surface area (TPSA) is 67.8 Å². The van der Waals surface area contributed by atoms with Crippen molar-refractivity contribution >= 4 is 6.09 Å². The van der Waals surface area contributed by atoms with Crippen LogP contribution >= 0.6 is 0 Å². The van der Waals surface area contributed by atoms with Crippen LogP contribution in [-0.2, 0) is 22.5 Å². The van der Waals surface area contributed by atoms with E-state index in [1.807, 2.05) is 69.3 Å². The maximum Gasteiger partial charge on any atom is 0.407 e. The van der Waals surface area contributed by atoms with E-state index in [-0.39, 0.29) is 24.0 Å². The van der Waals surface area contributed by atoms with Crippen LogP contribution in [0.25, 0.3) is 0 Å². The van der Waals surface area contributed by atoms with Gasteiger partial charge in [0.15, 0.2) is 0 Å². The van der Waals surface area contributed by atoms with Crippen LogP contribution in [0.4, 0.5) is 4.79 Å². The summed E-state index contributed by atoms with van der Waals surface area (Å²) in [5.74, 6) is 0.131. The summed E-state index contributed by atoms with van der Waals surface area (Å²) >= 11 is 0. The first-order valence-corrected chi connectivity index (χ1v) is 10.6. The number of alkyl carbamates (subject to hydrolysis) is 1. The Morgan fingerprint density at radius 3 is 2.27 bits per heavy atom. The SMILES string of the molecule is CC(C)(C)OC(=O)N[C@@H](Cc1ccccc1)[C@H]1C[C@]1(CO)COCc1ccccc1. The maximum absolute atomic E-state index is 12.5. The minimum atomic E-state index is -0.558. The average Bonchev–Trinajstić information content (AvgIpc) is 3.43. The van der Waals surface area contributed by atoms with E-state index in [4.69, 9.17) is 9.47 Å². The zero-order valence-electron chi connectivity index (χ0n) is 18.1. The summed E-state index contributed by atoms with van der Waals surface area (Å²) in [7, 11) is 0. The van der Waals surface area contributed by atoms with E-state index < -0.39 is 11.7 Å². The second-order valence-electron chi connectivity index (χ2n) is 9.25. The molecule has 3 atom stereocenters. The highest BCUT2D eigenvalue weighted by Crippen LogP contribution is 2.55. The van der Waals surface area contributed by atoms with E-state index in [0.29, 0.717) is 19.6 Å². The maximum atomic E-state index is 12.5. The van der Waals surface area contributed by atoms with Crippen LogP contribution in [0.3, 0.4) is 0 Å². The van der Waals surface area contributed by atoms with Gasteiger partial charge in [0, 0.05) is 11.5 Å². The van der Waals surface area contributed by atoms with E-state index in [1.165, 1.54) is 0 Å². The zero-order valence-corrected chi connectivity index (χ0v) is 18.1. The molecule has 0 unspecified atom stereocenters. The van der Waals surface area contributed by atoms with E-state index in [0.717, 1.165) is 17.5 Å². The summed E-state index contributed by atoms with van der Waals surface area (Å²) in [6, 6.07) is 20.0. The molecule has 1 saturated carbocycles. The predicted molar refractivity (Wildman–Crippen MR) is 117 cm³/mol. The fourth-order valence-electron chi connectivity index (χ4n) is 3.91. The molecule has 0 aliphatic heterocycles. The Morgan fingerprint density at radius 2 is 1.70 bits per heavy atom. The lowest BCUT2D eigenvalue weighted by molar-refractivity contribution is 0.0356. The Balaban J connectivity index is 1.65. The largest absolute Gasteiger partial charge is 0.444 e. The van der Waals surface area contributed by atoms with Gasteiger partial charge in [0.05, 0.1) is 19.8 Å². The molecule has 0 saturated heterocycles. The van der Waals surface area contributed by atoms with E-state index >= 15 is 0 Å². The lowest BCUT2D eigenvalue weighted by atomic mass is 9.96. The fourth-order valence-corrected chi connectivity index (χ4v) is 3.91. The Kier molecular flexibility index (Phi) is 7.16. The lowest BCUT2D eigenvalue weighted by Crippen LogP contribution is -2.43. The number of hydrogen-bond donors (Lipinski definition) is 2. The monoisotopic (exact) mass is 411 g/mol. The summed E-state index contributed by atoms with van der Waals surface area (Å²) in [5, 5.41) is 13.2. The number of carbonyl (C=O) groups is 1. The second-order valence-corrected chi connectivity index (χ2v) is 9.25. The van der Waals surface area contributed by atoms with E-state index in [9.17, 15) is 9.90 Å². The number of hydrogen-bond acceptors (Lipinski definition) is 4. The van der Waals surface area contributed by atoms with Crippen molar-refractivity contribution < 1.29 is 19.4 Å². The van der Waals surface area contributed by atoms with Crippen molar-refractivity contribution in [3.05, 3.63) is 71.8 Å². The first-order chi connectivity index (χ1) is 14.3. The van der Waals surface area contributed by atoms with Crippen LogP contribution in [0.2, 0.25) is 0 Å². The number of aliphatic hydroxyl groups excluding tert-OH is 1. The third-order valence-electron chi connectivity index (χ3n) is 5.56. The molecule has 162 valence electrons. The van der Waals surface area contributed by atoms with Crippen molar-refractivity contribution in [1.82, 2.24) is 5.32 Å². The van der Waals surface area contributed by atoms with E-state index in [1.54, 1.807) is 0 Å². The highest BCUT2D eigenvalue weighted by atomic mass is 16.6. The number of benzene rings is 2. The highest BCUT2D eigenvalue weighted by molar-refractivity contribution is 5.68. The predicted octanol–water partition coefficient (Wildman–Crippen LogP) is 4.34. The normalized spacial score (nSPS) is 21.7. The third-order valence-corrected chi connectivity index (χ3v) is 5.56. The molecule has 2 aromatic carbocycles. The van der Waals surface area contributed by atoms with Crippen molar-refractivity contribution in [2.45, 2.75) is 51.9 Å². The van der Waals surface area contributed by atoms with Crippen LogP contribution < -0.4 is 5.32 Å². The van der Waals surface area contributed by atoms with Crippen molar-refractivity contribution in [3.8, 4) is 0 Å². The molecular formula is C25H33NO4. The molecule has 2 aromatic rings. The van der Waals surface area contributed by atoms with Crippen LogP contribution in [0.1, 0.15) is 38.3 Å². The first-order valence-electron chi connectivity index (χ1n) is 10.6. The standard InChI is InChI=1S/C25H33NO4/c1-24(2,3)30-23(28)26-22(14-19-10-6-4-7-11-19)21-15-25(21,17-27)18-29-16-20-12-8-5-9-13-20/h4-13,21-22,27H,14-18H2,1-3H3,(H,26,28)/t21-,22+,25+/m1/s1. The molecule has 0 spiro atoms. The molecule has 1 amide bonds. The van der Waals surface area contributed by atoms with Crippen molar-refractivity contribution in [2.75, 3.05) is 13.2 Å². The van der Waals surface area contributed by atoms with Crippen molar-refractivity contribution in [2.24, 2.45) is 11.3 Å². The molecule has 1 aliphatic rings. The van der Waals surface area contributed by atoms with Crippen LogP contribution in [-0.4, -0.2) is 36.1 Å². The van der Waals surface area contributed by atoms with Crippen LogP contribution in [0, 0.1) is 11.3 Å². The third kappa shape index (κ3) is 6.31. The Morgan fingerprint density at radius 1 is 1.10 bits per heavy atom. The van der Waals surface area contributed by atoms with Crippen LogP contribution in [0.15, 0.2) is 60.7 Å². The Bertz CT molecular complexity index is 803. The Labute approximate surface area is 179 Å². The number of rotatable bonds is 9.